The number of nitrogens with zero attached hydrogens (tertiary/aromatic N) is 2. The van der Waals surface area contributed by atoms with Crippen LogP contribution in [0.2, 0.25) is 0 Å². The first-order valence-electron chi connectivity index (χ1n) is 8.04. The molecule has 1 aromatic heterocycles. The predicted octanol–water partition coefficient (Wildman–Crippen LogP) is 3.23. The molecule has 0 bridgehead atoms. The zero-order valence-electron chi connectivity index (χ0n) is 13.7. The number of ether oxygens (including phenoxy) is 1. The van der Waals surface area contributed by atoms with Gasteiger partial charge < -0.3 is 15.4 Å². The molecule has 0 amide bonds. The summed E-state index contributed by atoms with van der Waals surface area (Å²) in [5, 5.41) is 6.90. The van der Waals surface area contributed by atoms with Crippen molar-refractivity contribution in [3.63, 3.8) is 0 Å². The summed E-state index contributed by atoms with van der Waals surface area (Å²) in [6.07, 6.45) is 3.95. The summed E-state index contributed by atoms with van der Waals surface area (Å²) in [4.78, 5) is 9.12. The molecule has 2 N–H and O–H groups in total. The predicted molar refractivity (Wildman–Crippen MR) is 86.9 cm³/mol. The highest BCUT2D eigenvalue weighted by molar-refractivity contribution is 5.48. The minimum absolute atomic E-state index is 0.0557. The first kappa shape index (κ1) is 16.0. The molecular weight excluding hydrogens is 264 g/mol. The van der Waals surface area contributed by atoms with Crippen molar-refractivity contribution in [2.45, 2.75) is 65.0 Å². The van der Waals surface area contributed by atoms with Crippen LogP contribution in [-0.2, 0) is 11.2 Å². The van der Waals surface area contributed by atoms with Crippen molar-refractivity contribution >= 4 is 11.6 Å². The van der Waals surface area contributed by atoms with Gasteiger partial charge in [0.25, 0.3) is 0 Å². The van der Waals surface area contributed by atoms with E-state index in [-0.39, 0.29) is 5.60 Å². The van der Waals surface area contributed by atoms with Gasteiger partial charge in [0.15, 0.2) is 0 Å². The summed E-state index contributed by atoms with van der Waals surface area (Å²) in [5.41, 5.74) is -0.0557. The van der Waals surface area contributed by atoms with Gasteiger partial charge in [0, 0.05) is 31.7 Å². The Hall–Kier alpha value is -1.36. The third-order valence-electron chi connectivity index (χ3n) is 3.69. The number of hydrogen-bond donors (Lipinski definition) is 2. The van der Waals surface area contributed by atoms with Gasteiger partial charge in [-0.2, -0.15) is 0 Å². The van der Waals surface area contributed by atoms with Gasteiger partial charge in [-0.15, -0.1) is 0 Å². The van der Waals surface area contributed by atoms with E-state index in [0.717, 1.165) is 56.3 Å². The van der Waals surface area contributed by atoms with Crippen LogP contribution in [0.1, 0.15) is 52.8 Å². The van der Waals surface area contributed by atoms with E-state index in [9.17, 15) is 0 Å². The second kappa shape index (κ2) is 7.07. The quantitative estimate of drug-likeness (QED) is 0.843. The van der Waals surface area contributed by atoms with E-state index in [1.54, 1.807) is 0 Å². The summed E-state index contributed by atoms with van der Waals surface area (Å²) >= 11 is 0. The fourth-order valence-corrected chi connectivity index (χ4v) is 2.64. The Labute approximate surface area is 127 Å². The molecule has 0 aliphatic carbocycles. The van der Waals surface area contributed by atoms with E-state index in [2.05, 4.69) is 48.3 Å². The highest BCUT2D eigenvalue weighted by Crippen LogP contribution is 2.26. The summed E-state index contributed by atoms with van der Waals surface area (Å²) in [6, 6.07) is 2.42. The second-order valence-corrected chi connectivity index (χ2v) is 6.28. The maximum absolute atomic E-state index is 5.77. The van der Waals surface area contributed by atoms with E-state index in [1.165, 1.54) is 0 Å². The van der Waals surface area contributed by atoms with Gasteiger partial charge in [-0.05, 0) is 33.1 Å². The van der Waals surface area contributed by atoms with E-state index in [0.29, 0.717) is 6.04 Å². The van der Waals surface area contributed by atoms with Crippen molar-refractivity contribution < 1.29 is 4.74 Å². The molecule has 1 saturated heterocycles. The Kier molecular flexibility index (Phi) is 5.39. The Morgan fingerprint density at radius 1 is 1.29 bits per heavy atom. The van der Waals surface area contributed by atoms with E-state index in [4.69, 9.17) is 4.74 Å². The maximum atomic E-state index is 5.77. The molecule has 1 fully saturated rings. The number of aromatic nitrogens is 2. The van der Waals surface area contributed by atoms with E-state index in [1.807, 2.05) is 6.07 Å². The lowest BCUT2D eigenvalue weighted by molar-refractivity contribution is -0.0553. The SMILES string of the molecule is CCCNc1cc(NC2CCOC(C)(C)C2)nc(CC)n1. The Bertz CT molecular complexity index is 462. The van der Waals surface area contributed by atoms with E-state index < -0.39 is 0 Å². The van der Waals surface area contributed by atoms with Gasteiger partial charge in [-0.25, -0.2) is 9.97 Å². The van der Waals surface area contributed by atoms with Gasteiger partial charge in [-0.1, -0.05) is 13.8 Å². The summed E-state index contributed by atoms with van der Waals surface area (Å²) in [5.74, 6) is 2.71. The van der Waals surface area contributed by atoms with Crippen molar-refractivity contribution in [3.05, 3.63) is 11.9 Å². The molecular formula is C16H28N4O. The fraction of sp³-hybridized carbons (Fsp3) is 0.750. The standard InChI is InChI=1S/C16H28N4O/c1-5-8-17-14-10-15(20-13(6-2)19-14)18-12-7-9-21-16(3,4)11-12/h10,12H,5-9,11H2,1-4H3,(H2,17,18,19,20). The molecule has 21 heavy (non-hydrogen) atoms. The average Bonchev–Trinajstić information content (AvgIpc) is 2.43. The minimum atomic E-state index is -0.0557. The first-order valence-corrected chi connectivity index (χ1v) is 8.04. The number of hydrogen-bond acceptors (Lipinski definition) is 5. The lowest BCUT2D eigenvalue weighted by Gasteiger charge is -2.36. The highest BCUT2D eigenvalue weighted by Gasteiger charge is 2.29. The molecule has 5 heteroatoms. The first-order chi connectivity index (χ1) is 10.0. The van der Waals surface area contributed by atoms with Gasteiger partial charge >= 0.3 is 0 Å². The van der Waals surface area contributed by atoms with Crippen molar-refractivity contribution in [1.29, 1.82) is 0 Å². The normalized spacial score (nSPS) is 21.0. The van der Waals surface area contributed by atoms with Crippen LogP contribution in [0.5, 0.6) is 0 Å². The van der Waals surface area contributed by atoms with Crippen LogP contribution in [0.25, 0.3) is 0 Å². The van der Waals surface area contributed by atoms with Crippen molar-refractivity contribution in [2.24, 2.45) is 0 Å². The van der Waals surface area contributed by atoms with Crippen molar-refractivity contribution in [1.82, 2.24) is 9.97 Å². The van der Waals surface area contributed by atoms with Gasteiger partial charge in [-0.3, -0.25) is 0 Å². The molecule has 1 aliphatic rings. The molecule has 2 heterocycles. The van der Waals surface area contributed by atoms with Gasteiger partial charge in [0.05, 0.1) is 5.60 Å². The van der Waals surface area contributed by atoms with Crippen LogP contribution in [0.4, 0.5) is 11.6 Å². The maximum Gasteiger partial charge on any atom is 0.132 e. The molecule has 0 aromatic carbocycles. The summed E-state index contributed by atoms with van der Waals surface area (Å²) in [7, 11) is 0. The van der Waals surface area contributed by atoms with Crippen molar-refractivity contribution in [2.75, 3.05) is 23.8 Å². The molecule has 2 rings (SSSR count). The van der Waals surface area contributed by atoms with Crippen LogP contribution in [-0.4, -0.2) is 34.8 Å². The monoisotopic (exact) mass is 292 g/mol. The third-order valence-corrected chi connectivity index (χ3v) is 3.69. The topological polar surface area (TPSA) is 59.1 Å². The summed E-state index contributed by atoms with van der Waals surface area (Å²) < 4.78 is 5.77. The summed E-state index contributed by atoms with van der Waals surface area (Å²) in [6.45, 7) is 10.3. The molecule has 1 unspecified atom stereocenters. The fourth-order valence-electron chi connectivity index (χ4n) is 2.64. The zero-order chi connectivity index (χ0) is 15.3. The van der Waals surface area contributed by atoms with E-state index >= 15 is 0 Å². The Morgan fingerprint density at radius 2 is 2.05 bits per heavy atom. The second-order valence-electron chi connectivity index (χ2n) is 6.28. The lowest BCUT2D eigenvalue weighted by Crippen LogP contribution is -2.40. The number of nitrogens with one attached hydrogen (secondary N) is 2. The highest BCUT2D eigenvalue weighted by atomic mass is 16.5. The smallest absolute Gasteiger partial charge is 0.132 e. The molecule has 0 saturated carbocycles. The Morgan fingerprint density at radius 3 is 2.71 bits per heavy atom. The number of anilines is 2. The van der Waals surface area contributed by atoms with Gasteiger partial charge in [0.1, 0.15) is 17.5 Å². The van der Waals surface area contributed by atoms with Crippen LogP contribution >= 0.6 is 0 Å². The van der Waals surface area contributed by atoms with Crippen molar-refractivity contribution in [3.8, 4) is 0 Å². The molecule has 1 aromatic rings. The van der Waals surface area contributed by atoms with Crippen LogP contribution in [0.15, 0.2) is 6.07 Å². The molecule has 5 nitrogen and oxygen atoms in total. The van der Waals surface area contributed by atoms with Crippen LogP contribution in [0.3, 0.4) is 0 Å². The number of aryl methyl sites for hydroxylation is 1. The van der Waals surface area contributed by atoms with Crippen LogP contribution in [0, 0.1) is 0 Å². The minimum Gasteiger partial charge on any atom is -0.375 e. The zero-order valence-corrected chi connectivity index (χ0v) is 13.7. The third kappa shape index (κ3) is 4.84. The molecule has 1 atom stereocenters. The average molecular weight is 292 g/mol. The number of rotatable bonds is 6. The Balaban J connectivity index is 2.07. The lowest BCUT2D eigenvalue weighted by atomic mass is 9.94. The molecule has 1 aliphatic heterocycles. The molecule has 0 spiro atoms. The van der Waals surface area contributed by atoms with Crippen LogP contribution < -0.4 is 10.6 Å². The molecule has 118 valence electrons. The molecule has 0 radical (unpaired) electrons. The van der Waals surface area contributed by atoms with Gasteiger partial charge in [0.2, 0.25) is 0 Å². The largest absolute Gasteiger partial charge is 0.375 e.